The van der Waals surface area contributed by atoms with Gasteiger partial charge < -0.3 is 15.7 Å². The van der Waals surface area contributed by atoms with E-state index in [2.05, 4.69) is 22.8 Å². The maximum Gasteiger partial charge on any atom is 0.315 e. The third-order valence-corrected chi connectivity index (χ3v) is 3.76. The molecule has 0 aromatic heterocycles. The fraction of sp³-hybridized carbons (Fsp3) is 0.471. The summed E-state index contributed by atoms with van der Waals surface area (Å²) in [5.74, 6) is 0. The maximum atomic E-state index is 12.1. The smallest absolute Gasteiger partial charge is 0.315 e. The van der Waals surface area contributed by atoms with Crippen LogP contribution in [-0.2, 0) is 0 Å². The van der Waals surface area contributed by atoms with Crippen LogP contribution >= 0.6 is 0 Å². The number of carbonyl (C=O) groups is 1. The van der Waals surface area contributed by atoms with Crippen molar-refractivity contribution in [2.45, 2.75) is 44.2 Å². The molecule has 0 saturated heterocycles. The average Bonchev–Trinajstić information content (AvgIpc) is 2.53. The molecule has 4 nitrogen and oxygen atoms in total. The summed E-state index contributed by atoms with van der Waals surface area (Å²) >= 11 is 0. The summed E-state index contributed by atoms with van der Waals surface area (Å²) in [6.07, 6.45) is 8.61. The van der Waals surface area contributed by atoms with Crippen molar-refractivity contribution < 1.29 is 9.90 Å². The van der Waals surface area contributed by atoms with Crippen LogP contribution in [0.5, 0.6) is 0 Å². The van der Waals surface area contributed by atoms with Crippen LogP contribution in [0.25, 0.3) is 0 Å². The molecule has 0 bridgehead atoms. The van der Waals surface area contributed by atoms with Crippen LogP contribution in [-0.4, -0.2) is 23.8 Å². The van der Waals surface area contributed by atoms with Crippen LogP contribution in [0.1, 0.15) is 43.7 Å². The Hall–Kier alpha value is -1.81. The summed E-state index contributed by atoms with van der Waals surface area (Å²) in [6, 6.07) is 9.95. The number of urea groups is 1. The number of benzene rings is 1. The molecule has 2 amide bonds. The lowest BCUT2D eigenvalue weighted by Gasteiger charge is -2.23. The Labute approximate surface area is 126 Å². The van der Waals surface area contributed by atoms with E-state index in [1.54, 1.807) is 0 Å². The number of amides is 2. The largest absolute Gasteiger partial charge is 0.396 e. The van der Waals surface area contributed by atoms with Crippen molar-refractivity contribution >= 4 is 6.03 Å². The van der Waals surface area contributed by atoms with Gasteiger partial charge in [-0.2, -0.15) is 0 Å². The third-order valence-electron chi connectivity index (χ3n) is 3.76. The number of nitrogens with one attached hydrogen (secondary N) is 2. The molecule has 4 heteroatoms. The third kappa shape index (κ3) is 5.23. The van der Waals surface area contributed by atoms with Gasteiger partial charge in [-0.1, -0.05) is 42.5 Å². The van der Waals surface area contributed by atoms with Crippen LogP contribution in [0.3, 0.4) is 0 Å². The van der Waals surface area contributed by atoms with E-state index in [1.807, 2.05) is 30.3 Å². The Bertz CT molecular complexity index is 459. The molecule has 1 aromatic carbocycles. The molecule has 3 N–H and O–H groups in total. The highest BCUT2D eigenvalue weighted by molar-refractivity contribution is 5.74. The first kappa shape index (κ1) is 15.6. The zero-order valence-corrected chi connectivity index (χ0v) is 12.3. The quantitative estimate of drug-likeness (QED) is 0.705. The zero-order valence-electron chi connectivity index (χ0n) is 12.3. The molecule has 0 aliphatic heterocycles. The van der Waals surface area contributed by atoms with Crippen molar-refractivity contribution in [1.29, 1.82) is 0 Å². The summed E-state index contributed by atoms with van der Waals surface area (Å²) in [5.41, 5.74) is 1.07. The van der Waals surface area contributed by atoms with E-state index < -0.39 is 0 Å². The van der Waals surface area contributed by atoms with Crippen molar-refractivity contribution in [3.63, 3.8) is 0 Å². The second-order valence-electron chi connectivity index (χ2n) is 5.43. The zero-order chi connectivity index (χ0) is 14.9. The fourth-order valence-corrected chi connectivity index (χ4v) is 2.61. The molecule has 114 valence electrons. The highest BCUT2D eigenvalue weighted by Crippen LogP contribution is 2.18. The highest BCUT2D eigenvalue weighted by atomic mass is 16.3. The first-order valence-electron chi connectivity index (χ1n) is 7.67. The summed E-state index contributed by atoms with van der Waals surface area (Å²) in [7, 11) is 0. The molecular weight excluding hydrogens is 264 g/mol. The van der Waals surface area contributed by atoms with Crippen molar-refractivity contribution in [3.05, 3.63) is 48.0 Å². The van der Waals surface area contributed by atoms with E-state index in [0.29, 0.717) is 6.42 Å². The van der Waals surface area contributed by atoms with Gasteiger partial charge >= 0.3 is 6.03 Å². The molecule has 1 aromatic rings. The molecule has 21 heavy (non-hydrogen) atoms. The number of carbonyl (C=O) groups excluding carboxylic acids is 1. The lowest BCUT2D eigenvalue weighted by Crippen LogP contribution is -2.43. The average molecular weight is 288 g/mol. The molecule has 2 rings (SSSR count). The van der Waals surface area contributed by atoms with Crippen LogP contribution in [0.4, 0.5) is 4.79 Å². The Morgan fingerprint density at radius 1 is 1.29 bits per heavy atom. The molecule has 0 spiro atoms. The fourth-order valence-electron chi connectivity index (χ4n) is 2.61. The Morgan fingerprint density at radius 3 is 2.76 bits per heavy atom. The Morgan fingerprint density at radius 2 is 2.10 bits per heavy atom. The lowest BCUT2D eigenvalue weighted by atomic mass is 10.0. The van der Waals surface area contributed by atoms with Gasteiger partial charge in [0.1, 0.15) is 0 Å². The highest BCUT2D eigenvalue weighted by Gasteiger charge is 2.17. The second-order valence-corrected chi connectivity index (χ2v) is 5.43. The summed E-state index contributed by atoms with van der Waals surface area (Å²) in [4.78, 5) is 12.1. The van der Waals surface area contributed by atoms with E-state index in [9.17, 15) is 4.79 Å². The topological polar surface area (TPSA) is 61.4 Å². The van der Waals surface area contributed by atoms with Gasteiger partial charge in [0, 0.05) is 12.6 Å². The van der Waals surface area contributed by atoms with Gasteiger partial charge in [0.25, 0.3) is 0 Å². The van der Waals surface area contributed by atoms with E-state index in [4.69, 9.17) is 5.11 Å². The van der Waals surface area contributed by atoms with E-state index in [-0.39, 0.29) is 24.7 Å². The molecule has 1 aliphatic carbocycles. The summed E-state index contributed by atoms with van der Waals surface area (Å²) in [5, 5.41) is 15.1. The minimum atomic E-state index is -0.123. The monoisotopic (exact) mass is 288 g/mol. The molecule has 0 saturated carbocycles. The van der Waals surface area contributed by atoms with Gasteiger partial charge in [0.2, 0.25) is 0 Å². The normalized spacial score (nSPS) is 19.0. The van der Waals surface area contributed by atoms with Crippen LogP contribution in [0, 0.1) is 0 Å². The van der Waals surface area contributed by atoms with Gasteiger partial charge in [-0.25, -0.2) is 4.79 Å². The van der Waals surface area contributed by atoms with Crippen LogP contribution in [0.2, 0.25) is 0 Å². The SMILES string of the molecule is O=C(NC1CC=CCC1)NC(CCCO)c1ccccc1. The number of hydrogen-bond acceptors (Lipinski definition) is 2. The first-order valence-corrected chi connectivity index (χ1v) is 7.67. The predicted octanol–water partition coefficient (Wildman–Crippen LogP) is 2.91. The number of rotatable bonds is 6. The Kier molecular flexibility index (Phi) is 6.28. The van der Waals surface area contributed by atoms with E-state index in [1.165, 1.54) is 0 Å². The molecule has 0 fully saturated rings. The van der Waals surface area contributed by atoms with Crippen molar-refractivity contribution in [2.24, 2.45) is 0 Å². The first-order chi connectivity index (χ1) is 10.3. The molecule has 2 unspecified atom stereocenters. The number of aliphatic hydroxyl groups is 1. The van der Waals surface area contributed by atoms with Gasteiger partial charge in [-0.05, 0) is 37.7 Å². The minimum absolute atomic E-state index is 0.0579. The van der Waals surface area contributed by atoms with E-state index >= 15 is 0 Å². The van der Waals surface area contributed by atoms with Crippen molar-refractivity contribution in [1.82, 2.24) is 10.6 Å². The van der Waals surface area contributed by atoms with Crippen molar-refractivity contribution in [3.8, 4) is 0 Å². The van der Waals surface area contributed by atoms with E-state index in [0.717, 1.165) is 31.2 Å². The van der Waals surface area contributed by atoms with Gasteiger partial charge in [0.15, 0.2) is 0 Å². The van der Waals surface area contributed by atoms with Gasteiger partial charge in [-0.15, -0.1) is 0 Å². The maximum absolute atomic E-state index is 12.1. The second kappa shape index (κ2) is 8.47. The number of aliphatic hydroxyl groups excluding tert-OH is 1. The standard InChI is InChI=1S/C17H24N2O2/c20-13-7-12-16(14-8-3-1-4-9-14)19-17(21)18-15-10-5-2-6-11-15/h1-5,8-9,15-16,20H,6-7,10-13H2,(H2,18,19,21). The molecular formula is C17H24N2O2. The summed E-state index contributed by atoms with van der Waals surface area (Å²) < 4.78 is 0. The lowest BCUT2D eigenvalue weighted by molar-refractivity contribution is 0.228. The number of allylic oxidation sites excluding steroid dienone is 1. The molecule has 2 atom stereocenters. The van der Waals surface area contributed by atoms with Crippen LogP contribution < -0.4 is 10.6 Å². The predicted molar refractivity (Wildman–Crippen MR) is 83.9 cm³/mol. The molecule has 1 aliphatic rings. The molecule has 0 heterocycles. The van der Waals surface area contributed by atoms with Gasteiger partial charge in [0.05, 0.1) is 6.04 Å². The molecule has 0 radical (unpaired) electrons. The minimum Gasteiger partial charge on any atom is -0.396 e. The van der Waals surface area contributed by atoms with Crippen molar-refractivity contribution in [2.75, 3.05) is 6.61 Å². The number of hydrogen-bond donors (Lipinski definition) is 3. The van der Waals surface area contributed by atoms with Gasteiger partial charge in [-0.3, -0.25) is 0 Å². The van der Waals surface area contributed by atoms with Crippen LogP contribution in [0.15, 0.2) is 42.5 Å². The summed E-state index contributed by atoms with van der Waals surface area (Å²) in [6.45, 7) is 0.139. The Balaban J connectivity index is 1.91.